The van der Waals surface area contributed by atoms with Crippen molar-refractivity contribution >= 4 is 5.65 Å². The van der Waals surface area contributed by atoms with Crippen LogP contribution in [-0.2, 0) is 5.41 Å². The van der Waals surface area contributed by atoms with Crippen LogP contribution in [0.3, 0.4) is 0 Å². The molecule has 0 unspecified atom stereocenters. The lowest BCUT2D eigenvalue weighted by atomic mass is 9.93. The van der Waals surface area contributed by atoms with Crippen molar-refractivity contribution in [1.29, 1.82) is 0 Å². The SMILES string of the molecule is CC(C)(C)c1cnc2ccccn12. The Morgan fingerprint density at radius 3 is 2.69 bits per heavy atom. The molecule has 0 aliphatic carbocycles. The van der Waals surface area contributed by atoms with Crippen molar-refractivity contribution < 1.29 is 0 Å². The average Bonchev–Trinajstić information content (AvgIpc) is 2.45. The van der Waals surface area contributed by atoms with Gasteiger partial charge in [0, 0.05) is 23.5 Å². The van der Waals surface area contributed by atoms with E-state index in [4.69, 9.17) is 0 Å². The van der Waals surface area contributed by atoms with Crippen LogP contribution in [-0.4, -0.2) is 9.38 Å². The fourth-order valence-electron chi connectivity index (χ4n) is 1.49. The van der Waals surface area contributed by atoms with Crippen LogP contribution < -0.4 is 0 Å². The number of imidazole rings is 1. The van der Waals surface area contributed by atoms with E-state index in [-0.39, 0.29) is 5.41 Å². The first kappa shape index (κ1) is 8.30. The number of nitrogens with zero attached hydrogens (tertiary/aromatic N) is 2. The normalized spacial score (nSPS) is 12.2. The summed E-state index contributed by atoms with van der Waals surface area (Å²) in [7, 11) is 0. The molecule has 0 fully saturated rings. The molecule has 0 saturated carbocycles. The summed E-state index contributed by atoms with van der Waals surface area (Å²) in [5.41, 5.74) is 2.43. The molecule has 0 radical (unpaired) electrons. The minimum atomic E-state index is 0.154. The third-order valence-corrected chi connectivity index (χ3v) is 2.19. The Labute approximate surface area is 78.2 Å². The van der Waals surface area contributed by atoms with Gasteiger partial charge in [-0.3, -0.25) is 0 Å². The molecule has 0 amide bonds. The van der Waals surface area contributed by atoms with Crippen molar-refractivity contribution in [3.8, 4) is 0 Å². The maximum Gasteiger partial charge on any atom is 0.136 e. The first-order valence-electron chi connectivity index (χ1n) is 4.51. The average molecular weight is 174 g/mol. The van der Waals surface area contributed by atoms with E-state index >= 15 is 0 Å². The van der Waals surface area contributed by atoms with Gasteiger partial charge in [-0.2, -0.15) is 0 Å². The van der Waals surface area contributed by atoms with Gasteiger partial charge in [-0.15, -0.1) is 0 Å². The summed E-state index contributed by atoms with van der Waals surface area (Å²) in [6.07, 6.45) is 4.01. The lowest BCUT2D eigenvalue weighted by Gasteiger charge is -2.17. The third-order valence-electron chi connectivity index (χ3n) is 2.19. The van der Waals surface area contributed by atoms with Crippen molar-refractivity contribution in [3.63, 3.8) is 0 Å². The van der Waals surface area contributed by atoms with Crippen molar-refractivity contribution in [2.24, 2.45) is 0 Å². The van der Waals surface area contributed by atoms with Crippen LogP contribution in [0.1, 0.15) is 26.5 Å². The number of aromatic nitrogens is 2. The van der Waals surface area contributed by atoms with E-state index in [9.17, 15) is 0 Å². The molecule has 0 saturated heterocycles. The molecule has 0 atom stereocenters. The zero-order valence-electron chi connectivity index (χ0n) is 8.28. The maximum absolute atomic E-state index is 4.35. The lowest BCUT2D eigenvalue weighted by Crippen LogP contribution is -2.13. The van der Waals surface area contributed by atoms with E-state index in [1.165, 1.54) is 5.69 Å². The van der Waals surface area contributed by atoms with E-state index in [0.29, 0.717) is 0 Å². The van der Waals surface area contributed by atoms with Gasteiger partial charge in [0.15, 0.2) is 0 Å². The highest BCUT2D eigenvalue weighted by atomic mass is 15.0. The van der Waals surface area contributed by atoms with Gasteiger partial charge in [-0.05, 0) is 12.1 Å². The quantitative estimate of drug-likeness (QED) is 0.600. The van der Waals surface area contributed by atoms with Crippen molar-refractivity contribution in [3.05, 3.63) is 36.3 Å². The van der Waals surface area contributed by atoms with Crippen LogP contribution in [0.25, 0.3) is 5.65 Å². The Kier molecular flexibility index (Phi) is 1.65. The zero-order valence-corrected chi connectivity index (χ0v) is 8.28. The van der Waals surface area contributed by atoms with Crippen LogP contribution in [0.15, 0.2) is 30.6 Å². The molecule has 2 nitrogen and oxygen atoms in total. The van der Waals surface area contributed by atoms with Gasteiger partial charge in [0.25, 0.3) is 0 Å². The summed E-state index contributed by atoms with van der Waals surface area (Å²) in [5, 5.41) is 0. The highest BCUT2D eigenvalue weighted by Crippen LogP contribution is 2.22. The number of hydrogen-bond donors (Lipinski definition) is 0. The number of pyridine rings is 1. The molecule has 0 aliphatic heterocycles. The second-order valence-electron chi connectivity index (χ2n) is 4.32. The molecule has 2 heterocycles. The lowest BCUT2D eigenvalue weighted by molar-refractivity contribution is 0.563. The van der Waals surface area contributed by atoms with Crippen molar-refractivity contribution in [1.82, 2.24) is 9.38 Å². The molecule has 0 spiro atoms. The second-order valence-corrected chi connectivity index (χ2v) is 4.32. The molecule has 0 N–H and O–H groups in total. The van der Waals surface area contributed by atoms with Crippen molar-refractivity contribution in [2.45, 2.75) is 26.2 Å². The van der Waals surface area contributed by atoms with E-state index < -0.39 is 0 Å². The van der Waals surface area contributed by atoms with Crippen LogP contribution in [0, 0.1) is 0 Å². The molecule has 0 bridgehead atoms. The van der Waals surface area contributed by atoms with Gasteiger partial charge in [0.05, 0.1) is 0 Å². The maximum atomic E-state index is 4.35. The van der Waals surface area contributed by atoms with Gasteiger partial charge in [0.1, 0.15) is 5.65 Å². The molecule has 2 aromatic rings. The van der Waals surface area contributed by atoms with Gasteiger partial charge in [-0.25, -0.2) is 4.98 Å². The zero-order chi connectivity index (χ0) is 9.47. The second kappa shape index (κ2) is 2.59. The van der Waals surface area contributed by atoms with Crippen LogP contribution >= 0.6 is 0 Å². The monoisotopic (exact) mass is 174 g/mol. The largest absolute Gasteiger partial charge is 0.304 e. The third kappa shape index (κ3) is 1.32. The van der Waals surface area contributed by atoms with E-state index in [1.807, 2.05) is 24.4 Å². The molecule has 2 aromatic heterocycles. The standard InChI is InChI=1S/C11H14N2/c1-11(2,3)9-8-12-10-6-4-5-7-13(9)10/h4-8H,1-3H3. The summed E-state index contributed by atoms with van der Waals surface area (Å²) >= 11 is 0. The molecule has 2 heteroatoms. The first-order chi connectivity index (χ1) is 6.09. The van der Waals surface area contributed by atoms with E-state index in [0.717, 1.165) is 5.65 Å². The van der Waals surface area contributed by atoms with Crippen LogP contribution in [0.4, 0.5) is 0 Å². The molecular formula is C11H14N2. The minimum absolute atomic E-state index is 0.154. The summed E-state index contributed by atoms with van der Waals surface area (Å²) < 4.78 is 2.14. The molecule has 2 rings (SSSR count). The highest BCUT2D eigenvalue weighted by Gasteiger charge is 2.17. The fourth-order valence-corrected chi connectivity index (χ4v) is 1.49. The molecule has 0 aliphatic rings. The molecule has 0 aromatic carbocycles. The van der Waals surface area contributed by atoms with Crippen LogP contribution in [0.5, 0.6) is 0 Å². The Morgan fingerprint density at radius 2 is 2.00 bits per heavy atom. The first-order valence-corrected chi connectivity index (χ1v) is 4.51. The summed E-state index contributed by atoms with van der Waals surface area (Å²) in [6.45, 7) is 6.59. The Balaban J connectivity index is 2.72. The number of hydrogen-bond acceptors (Lipinski definition) is 1. The van der Waals surface area contributed by atoms with Gasteiger partial charge >= 0.3 is 0 Å². The summed E-state index contributed by atoms with van der Waals surface area (Å²) in [5.74, 6) is 0. The number of fused-ring (bicyclic) bond motifs is 1. The van der Waals surface area contributed by atoms with E-state index in [1.54, 1.807) is 0 Å². The smallest absolute Gasteiger partial charge is 0.136 e. The predicted molar refractivity (Wildman–Crippen MR) is 53.9 cm³/mol. The fraction of sp³-hybridized carbons (Fsp3) is 0.364. The molecule has 13 heavy (non-hydrogen) atoms. The molecular weight excluding hydrogens is 160 g/mol. The summed E-state index contributed by atoms with van der Waals surface area (Å²) in [6, 6.07) is 6.06. The summed E-state index contributed by atoms with van der Waals surface area (Å²) in [4.78, 5) is 4.35. The van der Waals surface area contributed by atoms with Gasteiger partial charge in [0.2, 0.25) is 0 Å². The molecule has 68 valence electrons. The Hall–Kier alpha value is -1.31. The Morgan fingerprint density at radius 1 is 1.23 bits per heavy atom. The number of rotatable bonds is 0. The van der Waals surface area contributed by atoms with Crippen molar-refractivity contribution in [2.75, 3.05) is 0 Å². The highest BCUT2D eigenvalue weighted by molar-refractivity contribution is 5.41. The topological polar surface area (TPSA) is 17.3 Å². The van der Waals surface area contributed by atoms with Gasteiger partial charge in [-0.1, -0.05) is 26.8 Å². The van der Waals surface area contributed by atoms with Gasteiger partial charge < -0.3 is 4.40 Å². The van der Waals surface area contributed by atoms with E-state index in [2.05, 4.69) is 36.4 Å². The Bertz CT molecular complexity index is 421. The minimum Gasteiger partial charge on any atom is -0.304 e. The predicted octanol–water partition coefficient (Wildman–Crippen LogP) is 2.63. The van der Waals surface area contributed by atoms with Crippen LogP contribution in [0.2, 0.25) is 0 Å².